The van der Waals surface area contributed by atoms with E-state index >= 15 is 0 Å². The van der Waals surface area contributed by atoms with E-state index in [-0.39, 0.29) is 0 Å². The molecule has 0 aromatic heterocycles. The fourth-order valence-electron chi connectivity index (χ4n) is 1.27. The van der Waals surface area contributed by atoms with E-state index in [0.29, 0.717) is 6.16 Å². The van der Waals surface area contributed by atoms with Crippen molar-refractivity contribution >= 4 is 7.37 Å². The first kappa shape index (κ1) is 6.93. The Morgan fingerprint density at radius 1 is 1.45 bits per heavy atom. The summed E-state index contributed by atoms with van der Waals surface area (Å²) in [6, 6.07) is 7.65. The standard InChI is InChI=1S/C8H9O2P/c1-11(9)6-7-4-2-3-5-8(7)10-11/h2-5H,6H2,1H3. The van der Waals surface area contributed by atoms with Crippen LogP contribution in [0.5, 0.6) is 5.75 Å². The number of fused-ring (bicyclic) bond motifs is 1. The normalized spacial score (nSPS) is 27.7. The fraction of sp³-hybridized carbons (Fsp3) is 0.250. The summed E-state index contributed by atoms with van der Waals surface area (Å²) in [6.45, 7) is 1.67. The first-order valence-electron chi connectivity index (χ1n) is 3.51. The van der Waals surface area contributed by atoms with Gasteiger partial charge in [0.25, 0.3) is 0 Å². The average Bonchev–Trinajstić information content (AvgIpc) is 2.21. The van der Waals surface area contributed by atoms with Crippen LogP contribution < -0.4 is 4.52 Å². The zero-order chi connectivity index (χ0) is 7.90. The Bertz CT molecular complexity index is 304. The lowest BCUT2D eigenvalue weighted by Crippen LogP contribution is -1.80. The molecular formula is C8H9O2P. The largest absolute Gasteiger partial charge is 0.442 e. The summed E-state index contributed by atoms with van der Waals surface area (Å²) < 4.78 is 16.7. The highest BCUT2D eigenvalue weighted by molar-refractivity contribution is 7.58. The quantitative estimate of drug-likeness (QED) is 0.556. The van der Waals surface area contributed by atoms with Gasteiger partial charge in [-0.2, -0.15) is 0 Å². The molecule has 0 N–H and O–H groups in total. The topological polar surface area (TPSA) is 26.3 Å². The summed E-state index contributed by atoms with van der Waals surface area (Å²) in [7, 11) is -2.33. The third-order valence-electron chi connectivity index (χ3n) is 1.72. The molecule has 0 radical (unpaired) electrons. The van der Waals surface area contributed by atoms with Gasteiger partial charge < -0.3 is 4.52 Å². The molecule has 0 saturated carbocycles. The van der Waals surface area contributed by atoms with Crippen LogP contribution in [0.3, 0.4) is 0 Å². The molecule has 1 aliphatic heterocycles. The zero-order valence-electron chi connectivity index (χ0n) is 6.28. The molecule has 0 amide bonds. The van der Waals surface area contributed by atoms with Crippen LogP contribution in [0, 0.1) is 0 Å². The molecule has 1 aromatic rings. The van der Waals surface area contributed by atoms with Crippen LogP contribution in [0.2, 0.25) is 0 Å². The molecule has 0 fully saturated rings. The monoisotopic (exact) mass is 168 g/mol. The van der Waals surface area contributed by atoms with E-state index in [9.17, 15) is 4.57 Å². The van der Waals surface area contributed by atoms with Crippen LogP contribution >= 0.6 is 7.37 Å². The van der Waals surface area contributed by atoms with E-state index in [2.05, 4.69) is 0 Å². The van der Waals surface area contributed by atoms with E-state index in [1.54, 1.807) is 6.66 Å². The van der Waals surface area contributed by atoms with Crippen LogP contribution in [0.4, 0.5) is 0 Å². The van der Waals surface area contributed by atoms with Gasteiger partial charge >= 0.3 is 0 Å². The maximum atomic E-state index is 11.4. The Morgan fingerprint density at radius 2 is 2.18 bits per heavy atom. The molecule has 11 heavy (non-hydrogen) atoms. The molecule has 1 atom stereocenters. The van der Waals surface area contributed by atoms with Gasteiger partial charge in [-0.25, -0.2) is 0 Å². The van der Waals surface area contributed by atoms with Crippen molar-refractivity contribution in [1.82, 2.24) is 0 Å². The van der Waals surface area contributed by atoms with Crippen molar-refractivity contribution in [2.75, 3.05) is 6.66 Å². The minimum absolute atomic E-state index is 0.586. The highest BCUT2D eigenvalue weighted by atomic mass is 31.2. The Hall–Kier alpha value is -0.750. The lowest BCUT2D eigenvalue weighted by molar-refractivity contribution is 0.500. The molecule has 0 aliphatic carbocycles. The maximum Gasteiger partial charge on any atom is 0.249 e. The van der Waals surface area contributed by atoms with Crippen molar-refractivity contribution in [2.24, 2.45) is 0 Å². The van der Waals surface area contributed by atoms with Gasteiger partial charge in [0, 0.05) is 12.2 Å². The number of para-hydroxylation sites is 1. The summed E-state index contributed by atoms with van der Waals surface area (Å²) >= 11 is 0. The molecule has 2 rings (SSSR count). The Labute approximate surface area is 65.6 Å². The van der Waals surface area contributed by atoms with Gasteiger partial charge in [0.05, 0.1) is 6.16 Å². The molecular weight excluding hydrogens is 159 g/mol. The van der Waals surface area contributed by atoms with Crippen LogP contribution in [0.15, 0.2) is 24.3 Å². The summed E-state index contributed by atoms with van der Waals surface area (Å²) in [4.78, 5) is 0. The average molecular weight is 168 g/mol. The number of rotatable bonds is 0. The second-order valence-electron chi connectivity index (χ2n) is 2.87. The van der Waals surface area contributed by atoms with E-state index in [1.165, 1.54) is 0 Å². The molecule has 3 heteroatoms. The van der Waals surface area contributed by atoms with Crippen molar-refractivity contribution in [3.63, 3.8) is 0 Å². The van der Waals surface area contributed by atoms with Crippen molar-refractivity contribution in [3.8, 4) is 5.75 Å². The second kappa shape index (κ2) is 2.12. The SMILES string of the molecule is CP1(=O)Cc2ccccc2O1. The van der Waals surface area contributed by atoms with Gasteiger partial charge in [-0.05, 0) is 6.07 Å². The first-order valence-corrected chi connectivity index (χ1v) is 5.77. The van der Waals surface area contributed by atoms with Gasteiger partial charge in [-0.3, -0.25) is 4.57 Å². The first-order chi connectivity index (χ1) is 5.17. The number of benzene rings is 1. The van der Waals surface area contributed by atoms with Gasteiger partial charge in [-0.15, -0.1) is 0 Å². The summed E-state index contributed by atoms with van der Waals surface area (Å²) in [6.07, 6.45) is 0.586. The highest BCUT2D eigenvalue weighted by Crippen LogP contribution is 2.54. The lowest BCUT2D eigenvalue weighted by atomic mass is 10.2. The summed E-state index contributed by atoms with van der Waals surface area (Å²) in [5.74, 6) is 0.790. The van der Waals surface area contributed by atoms with Crippen molar-refractivity contribution in [2.45, 2.75) is 6.16 Å². The van der Waals surface area contributed by atoms with E-state index < -0.39 is 7.37 Å². The number of hydrogen-bond donors (Lipinski definition) is 0. The highest BCUT2D eigenvalue weighted by Gasteiger charge is 2.27. The van der Waals surface area contributed by atoms with E-state index in [4.69, 9.17) is 4.52 Å². The summed E-state index contributed by atoms with van der Waals surface area (Å²) in [5.41, 5.74) is 1.07. The maximum absolute atomic E-state index is 11.4. The molecule has 0 spiro atoms. The van der Waals surface area contributed by atoms with Crippen molar-refractivity contribution in [3.05, 3.63) is 29.8 Å². The van der Waals surface area contributed by atoms with Gasteiger partial charge in [-0.1, -0.05) is 18.2 Å². The fourth-order valence-corrected chi connectivity index (χ4v) is 2.81. The molecule has 1 unspecified atom stereocenters. The van der Waals surface area contributed by atoms with E-state index in [0.717, 1.165) is 11.3 Å². The molecule has 58 valence electrons. The lowest BCUT2D eigenvalue weighted by Gasteiger charge is -2.02. The molecule has 0 saturated heterocycles. The molecule has 1 aliphatic rings. The zero-order valence-corrected chi connectivity index (χ0v) is 7.17. The summed E-state index contributed by atoms with van der Waals surface area (Å²) in [5, 5.41) is 0. The Morgan fingerprint density at radius 3 is 2.91 bits per heavy atom. The predicted octanol–water partition coefficient (Wildman–Crippen LogP) is 2.49. The molecule has 1 heterocycles. The van der Waals surface area contributed by atoms with Crippen LogP contribution in [0.1, 0.15) is 5.56 Å². The minimum Gasteiger partial charge on any atom is -0.442 e. The Balaban J connectivity index is 2.49. The van der Waals surface area contributed by atoms with Crippen molar-refractivity contribution < 1.29 is 9.09 Å². The number of hydrogen-bond acceptors (Lipinski definition) is 2. The molecule has 2 nitrogen and oxygen atoms in total. The van der Waals surface area contributed by atoms with E-state index in [1.807, 2.05) is 24.3 Å². The minimum atomic E-state index is -2.33. The second-order valence-corrected chi connectivity index (χ2v) is 5.40. The van der Waals surface area contributed by atoms with Gasteiger partial charge in [0.2, 0.25) is 7.37 Å². The van der Waals surface area contributed by atoms with Gasteiger partial charge in [0.1, 0.15) is 5.75 Å². The smallest absolute Gasteiger partial charge is 0.249 e. The van der Waals surface area contributed by atoms with Crippen LogP contribution in [-0.4, -0.2) is 6.66 Å². The third-order valence-corrected chi connectivity index (χ3v) is 3.22. The van der Waals surface area contributed by atoms with Crippen molar-refractivity contribution in [1.29, 1.82) is 0 Å². The van der Waals surface area contributed by atoms with Crippen LogP contribution in [0.25, 0.3) is 0 Å². The molecule has 1 aromatic carbocycles. The van der Waals surface area contributed by atoms with Crippen LogP contribution in [-0.2, 0) is 10.7 Å². The molecule has 0 bridgehead atoms. The predicted molar refractivity (Wildman–Crippen MR) is 44.3 cm³/mol. The van der Waals surface area contributed by atoms with Gasteiger partial charge in [0.15, 0.2) is 0 Å². The Kier molecular flexibility index (Phi) is 1.33. The third kappa shape index (κ3) is 1.19.